The summed E-state index contributed by atoms with van der Waals surface area (Å²) in [7, 11) is -3.64. The first-order valence-corrected chi connectivity index (χ1v) is 9.81. The van der Waals surface area contributed by atoms with Crippen molar-refractivity contribution in [2.75, 3.05) is 11.9 Å². The Balaban J connectivity index is 1.60. The van der Waals surface area contributed by atoms with Crippen LogP contribution in [0.25, 0.3) is 0 Å². The fourth-order valence-corrected chi connectivity index (χ4v) is 3.49. The van der Waals surface area contributed by atoms with Crippen LogP contribution in [0, 0.1) is 6.92 Å². The molecule has 0 unspecified atom stereocenters. The number of sulfonamides is 1. The van der Waals surface area contributed by atoms with Crippen LogP contribution in [-0.2, 0) is 16.4 Å². The number of aryl methyl sites for hydroxylation is 1. The van der Waals surface area contributed by atoms with Gasteiger partial charge in [0.1, 0.15) is 5.76 Å². The number of carbonyl (C=O) groups excluding carboxylic acids is 1. The summed E-state index contributed by atoms with van der Waals surface area (Å²) in [5.41, 5.74) is 1.37. The molecule has 8 heteroatoms. The van der Waals surface area contributed by atoms with Gasteiger partial charge in [0.05, 0.1) is 4.90 Å². The third-order valence-corrected chi connectivity index (χ3v) is 5.32. The molecule has 0 spiro atoms. The second-order valence-electron chi connectivity index (χ2n) is 5.93. The monoisotopic (exact) mass is 385 g/mol. The lowest BCUT2D eigenvalue weighted by molar-refractivity contribution is 0.102. The predicted molar refractivity (Wildman–Crippen MR) is 101 cm³/mol. The zero-order chi connectivity index (χ0) is 19.3. The fraction of sp³-hybridized carbons (Fsp3) is 0.158. The Kier molecular flexibility index (Phi) is 5.68. The van der Waals surface area contributed by atoms with E-state index in [9.17, 15) is 13.2 Å². The lowest BCUT2D eigenvalue weighted by atomic mass is 10.2. The van der Waals surface area contributed by atoms with Gasteiger partial charge in [0.25, 0.3) is 5.91 Å². The second kappa shape index (κ2) is 8.15. The van der Waals surface area contributed by atoms with Crippen LogP contribution in [0.1, 0.15) is 21.7 Å². The number of hydrogen-bond acceptors (Lipinski definition) is 5. The van der Waals surface area contributed by atoms with Crippen LogP contribution >= 0.6 is 0 Å². The van der Waals surface area contributed by atoms with Crippen molar-refractivity contribution in [3.8, 4) is 0 Å². The van der Waals surface area contributed by atoms with Crippen LogP contribution < -0.4 is 10.0 Å². The molecular weight excluding hydrogens is 366 g/mol. The second-order valence-corrected chi connectivity index (χ2v) is 7.70. The molecule has 0 saturated heterocycles. The minimum Gasteiger partial charge on any atom is -0.360 e. The number of hydrogen-bond donors (Lipinski definition) is 2. The number of benzene rings is 2. The molecule has 140 valence electrons. The van der Waals surface area contributed by atoms with E-state index in [0.717, 1.165) is 5.56 Å². The molecule has 2 N–H and O–H groups in total. The van der Waals surface area contributed by atoms with Crippen molar-refractivity contribution < 1.29 is 17.7 Å². The standard InChI is InChI=1S/C19H19N3O4S/c1-14-13-18(22-26-14)21-19(23)16-7-9-17(10-8-16)27(24,25)20-12-11-15-5-3-2-4-6-15/h2-10,13,20H,11-12H2,1H3,(H,21,22,23). The molecular formula is C19H19N3O4S. The van der Waals surface area contributed by atoms with Crippen LogP contribution in [-0.4, -0.2) is 26.0 Å². The molecule has 3 aromatic rings. The van der Waals surface area contributed by atoms with Crippen molar-refractivity contribution in [1.29, 1.82) is 0 Å². The highest BCUT2D eigenvalue weighted by molar-refractivity contribution is 7.89. The summed E-state index contributed by atoms with van der Waals surface area (Å²) < 4.78 is 32.2. The van der Waals surface area contributed by atoms with Crippen LogP contribution in [0.4, 0.5) is 5.82 Å². The number of anilines is 1. The van der Waals surface area contributed by atoms with Crippen LogP contribution in [0.3, 0.4) is 0 Å². The Morgan fingerprint density at radius 2 is 1.78 bits per heavy atom. The average Bonchev–Trinajstić information content (AvgIpc) is 3.07. The highest BCUT2D eigenvalue weighted by Crippen LogP contribution is 2.13. The molecule has 7 nitrogen and oxygen atoms in total. The average molecular weight is 385 g/mol. The molecule has 0 bridgehead atoms. The Morgan fingerprint density at radius 1 is 1.07 bits per heavy atom. The van der Waals surface area contributed by atoms with Gasteiger partial charge in [-0.25, -0.2) is 13.1 Å². The summed E-state index contributed by atoms with van der Waals surface area (Å²) >= 11 is 0. The highest BCUT2D eigenvalue weighted by atomic mass is 32.2. The predicted octanol–water partition coefficient (Wildman–Crippen LogP) is 2.76. The topological polar surface area (TPSA) is 101 Å². The van der Waals surface area contributed by atoms with Crippen molar-refractivity contribution in [2.45, 2.75) is 18.2 Å². The summed E-state index contributed by atoms with van der Waals surface area (Å²) in [6.07, 6.45) is 0.595. The van der Waals surface area contributed by atoms with E-state index in [1.165, 1.54) is 24.3 Å². The smallest absolute Gasteiger partial charge is 0.256 e. The van der Waals surface area contributed by atoms with E-state index in [2.05, 4.69) is 15.2 Å². The Labute approximate surface area is 157 Å². The molecule has 1 amide bonds. The molecule has 2 aromatic carbocycles. The SMILES string of the molecule is Cc1cc(NC(=O)c2ccc(S(=O)(=O)NCCc3ccccc3)cc2)no1. The fourth-order valence-electron chi connectivity index (χ4n) is 2.46. The van der Waals surface area contributed by atoms with E-state index in [1.54, 1.807) is 13.0 Å². The van der Waals surface area contributed by atoms with Gasteiger partial charge in [-0.05, 0) is 43.2 Å². The van der Waals surface area contributed by atoms with Crippen molar-refractivity contribution in [1.82, 2.24) is 9.88 Å². The summed E-state index contributed by atoms with van der Waals surface area (Å²) in [5.74, 6) is 0.481. The molecule has 0 atom stereocenters. The summed E-state index contributed by atoms with van der Waals surface area (Å²) in [6, 6.07) is 16.9. The van der Waals surface area contributed by atoms with Gasteiger partial charge in [0, 0.05) is 18.2 Å². The zero-order valence-corrected chi connectivity index (χ0v) is 15.5. The van der Waals surface area contributed by atoms with Gasteiger partial charge in [-0.1, -0.05) is 35.5 Å². The van der Waals surface area contributed by atoms with Crippen molar-refractivity contribution in [3.05, 3.63) is 77.6 Å². The highest BCUT2D eigenvalue weighted by Gasteiger charge is 2.15. The number of nitrogens with zero attached hydrogens (tertiary/aromatic N) is 1. The molecule has 0 fully saturated rings. The first-order valence-electron chi connectivity index (χ1n) is 8.32. The van der Waals surface area contributed by atoms with E-state index in [-0.39, 0.29) is 4.90 Å². The van der Waals surface area contributed by atoms with Gasteiger partial charge in [0.15, 0.2) is 5.82 Å². The molecule has 1 aromatic heterocycles. The van der Waals surface area contributed by atoms with Crippen LogP contribution in [0.15, 0.2) is 70.1 Å². The molecule has 0 saturated carbocycles. The van der Waals surface area contributed by atoms with Crippen LogP contribution in [0.5, 0.6) is 0 Å². The van der Waals surface area contributed by atoms with E-state index < -0.39 is 15.9 Å². The number of amides is 1. The maximum absolute atomic E-state index is 12.4. The van der Waals surface area contributed by atoms with Gasteiger partial charge in [-0.3, -0.25) is 4.79 Å². The van der Waals surface area contributed by atoms with E-state index in [4.69, 9.17) is 4.52 Å². The minimum atomic E-state index is -3.64. The van der Waals surface area contributed by atoms with Crippen molar-refractivity contribution in [3.63, 3.8) is 0 Å². The maximum atomic E-state index is 12.4. The number of nitrogens with one attached hydrogen (secondary N) is 2. The molecule has 1 heterocycles. The summed E-state index contributed by atoms with van der Waals surface area (Å²) in [6.45, 7) is 2.01. The lowest BCUT2D eigenvalue weighted by Gasteiger charge is -2.08. The molecule has 0 aliphatic rings. The van der Waals surface area contributed by atoms with E-state index in [0.29, 0.717) is 30.1 Å². The van der Waals surface area contributed by atoms with Gasteiger partial charge >= 0.3 is 0 Å². The molecule has 0 aliphatic carbocycles. The maximum Gasteiger partial charge on any atom is 0.256 e. The summed E-state index contributed by atoms with van der Waals surface area (Å²) in [5, 5.41) is 6.26. The number of carbonyl (C=O) groups is 1. The quantitative estimate of drug-likeness (QED) is 0.651. The number of aromatic nitrogens is 1. The van der Waals surface area contributed by atoms with E-state index >= 15 is 0 Å². The third-order valence-electron chi connectivity index (χ3n) is 3.84. The van der Waals surface area contributed by atoms with Crippen LogP contribution in [0.2, 0.25) is 0 Å². The van der Waals surface area contributed by atoms with Gasteiger partial charge in [0.2, 0.25) is 10.0 Å². The number of rotatable bonds is 7. The van der Waals surface area contributed by atoms with E-state index in [1.807, 2.05) is 30.3 Å². The molecule has 0 radical (unpaired) electrons. The minimum absolute atomic E-state index is 0.101. The lowest BCUT2D eigenvalue weighted by Crippen LogP contribution is -2.26. The van der Waals surface area contributed by atoms with Crippen molar-refractivity contribution >= 4 is 21.7 Å². The molecule has 3 rings (SSSR count). The third kappa shape index (κ3) is 5.02. The summed E-state index contributed by atoms with van der Waals surface area (Å²) in [4.78, 5) is 12.3. The first kappa shape index (κ1) is 18.8. The first-order chi connectivity index (χ1) is 12.9. The molecule has 0 aliphatic heterocycles. The molecule has 27 heavy (non-hydrogen) atoms. The Bertz CT molecular complexity index is 1010. The van der Waals surface area contributed by atoms with Gasteiger partial charge in [-0.2, -0.15) is 0 Å². The van der Waals surface area contributed by atoms with Gasteiger partial charge < -0.3 is 9.84 Å². The zero-order valence-electron chi connectivity index (χ0n) is 14.7. The van der Waals surface area contributed by atoms with Gasteiger partial charge in [-0.15, -0.1) is 0 Å². The van der Waals surface area contributed by atoms with Crippen molar-refractivity contribution in [2.24, 2.45) is 0 Å². The normalized spacial score (nSPS) is 11.3. The Hall–Kier alpha value is -2.97. The largest absolute Gasteiger partial charge is 0.360 e. The Morgan fingerprint density at radius 3 is 2.41 bits per heavy atom.